The molecule has 6 nitrogen and oxygen atoms in total. The van der Waals surface area contributed by atoms with Crippen molar-refractivity contribution in [3.8, 4) is 0 Å². The van der Waals surface area contributed by atoms with Crippen LogP contribution in [0.5, 0.6) is 0 Å². The third-order valence-corrected chi connectivity index (χ3v) is 5.81. The fourth-order valence-corrected chi connectivity index (χ4v) is 3.76. The van der Waals surface area contributed by atoms with Gasteiger partial charge in [-0.1, -0.05) is 11.6 Å². The average Bonchev–Trinajstić information content (AvgIpc) is 2.55. The van der Waals surface area contributed by atoms with E-state index in [1.165, 1.54) is 25.2 Å². The number of amides is 1. The number of sulfonamides is 1. The number of carbonyl (C=O) groups excluding carboxylic acids is 2. The van der Waals surface area contributed by atoms with Crippen molar-refractivity contribution in [2.24, 2.45) is 0 Å². The molecule has 0 spiro atoms. The van der Waals surface area contributed by atoms with E-state index in [1.54, 1.807) is 24.3 Å². The van der Waals surface area contributed by atoms with Crippen molar-refractivity contribution in [1.29, 1.82) is 0 Å². The number of fused-ring (bicyclic) bond motifs is 1. The van der Waals surface area contributed by atoms with E-state index in [9.17, 15) is 18.0 Å². The van der Waals surface area contributed by atoms with Gasteiger partial charge in [0, 0.05) is 24.2 Å². The second-order valence-electron chi connectivity index (χ2n) is 5.32. The molecule has 3 rings (SSSR count). The molecular formula is C16H13ClN2O4S. The van der Waals surface area contributed by atoms with Crippen LogP contribution < -0.4 is 9.62 Å². The fourth-order valence-electron chi connectivity index (χ4n) is 2.39. The summed E-state index contributed by atoms with van der Waals surface area (Å²) in [4.78, 5) is 22.9. The molecule has 8 heteroatoms. The molecule has 1 heterocycles. The number of carbonyl (C=O) groups is 2. The molecule has 2 aromatic carbocycles. The minimum absolute atomic E-state index is 0.0441. The van der Waals surface area contributed by atoms with Gasteiger partial charge in [0.25, 0.3) is 15.9 Å². The predicted molar refractivity (Wildman–Crippen MR) is 90.8 cm³/mol. The summed E-state index contributed by atoms with van der Waals surface area (Å²) < 4.78 is 26.7. The van der Waals surface area contributed by atoms with E-state index in [-0.39, 0.29) is 11.3 Å². The lowest BCUT2D eigenvalue weighted by Gasteiger charge is -2.21. The Morgan fingerprint density at radius 3 is 2.42 bits per heavy atom. The van der Waals surface area contributed by atoms with Crippen LogP contribution in [0.25, 0.3) is 0 Å². The highest BCUT2D eigenvalue weighted by molar-refractivity contribution is 7.92. The van der Waals surface area contributed by atoms with Crippen LogP contribution in [0.4, 0.5) is 11.4 Å². The smallest absolute Gasteiger partial charge is 0.292 e. The summed E-state index contributed by atoms with van der Waals surface area (Å²) >= 11 is 5.82. The van der Waals surface area contributed by atoms with Crippen LogP contribution in [0, 0.1) is 0 Å². The van der Waals surface area contributed by atoms with E-state index in [0.29, 0.717) is 22.0 Å². The number of hydrogen-bond donors (Lipinski definition) is 1. The Labute approximate surface area is 144 Å². The van der Waals surface area contributed by atoms with E-state index >= 15 is 0 Å². The fraction of sp³-hybridized carbons (Fsp3) is 0.125. The van der Waals surface area contributed by atoms with Gasteiger partial charge in [0.15, 0.2) is 0 Å². The van der Waals surface area contributed by atoms with Crippen LogP contribution >= 0.6 is 11.6 Å². The Kier molecular flexibility index (Phi) is 4.06. The van der Waals surface area contributed by atoms with Gasteiger partial charge in [-0.2, -0.15) is 0 Å². The molecule has 1 aliphatic heterocycles. The lowest BCUT2D eigenvalue weighted by atomic mass is 10.0. The topological polar surface area (TPSA) is 83.6 Å². The van der Waals surface area contributed by atoms with E-state index in [4.69, 9.17) is 11.6 Å². The van der Waals surface area contributed by atoms with Gasteiger partial charge in [-0.25, -0.2) is 8.42 Å². The molecule has 24 heavy (non-hydrogen) atoms. The Morgan fingerprint density at radius 1 is 1.08 bits per heavy atom. The molecule has 0 aliphatic carbocycles. The predicted octanol–water partition coefficient (Wildman–Crippen LogP) is 2.23. The molecule has 1 N–H and O–H groups in total. The zero-order valence-corrected chi connectivity index (χ0v) is 14.2. The highest BCUT2D eigenvalue weighted by Gasteiger charge is 2.27. The molecule has 0 bridgehead atoms. The maximum atomic E-state index is 12.8. The maximum absolute atomic E-state index is 12.8. The Hall–Kier alpha value is -2.38. The summed E-state index contributed by atoms with van der Waals surface area (Å²) in [6.07, 6.45) is -0.116. The number of Topliss-reactive ketones (excluding diaryl/α,β-unsaturated/α-hetero) is 1. The third-order valence-electron chi connectivity index (χ3n) is 3.78. The number of hydrogen-bond acceptors (Lipinski definition) is 4. The number of rotatable bonds is 3. The van der Waals surface area contributed by atoms with E-state index in [0.717, 1.165) is 4.31 Å². The number of ketones is 1. The first-order valence-electron chi connectivity index (χ1n) is 7.00. The monoisotopic (exact) mass is 364 g/mol. The van der Waals surface area contributed by atoms with Crippen LogP contribution in [0.15, 0.2) is 47.4 Å². The largest absolute Gasteiger partial charge is 0.319 e. The third kappa shape index (κ3) is 2.88. The number of nitrogens with zero attached hydrogens (tertiary/aromatic N) is 1. The van der Waals surface area contributed by atoms with Crippen molar-refractivity contribution in [1.82, 2.24) is 0 Å². The number of halogens is 1. The second-order valence-corrected chi connectivity index (χ2v) is 7.73. The van der Waals surface area contributed by atoms with Crippen molar-refractivity contribution in [2.45, 2.75) is 11.3 Å². The summed E-state index contributed by atoms with van der Waals surface area (Å²) in [5.41, 5.74) is 1.39. The van der Waals surface area contributed by atoms with Crippen molar-refractivity contribution in [2.75, 3.05) is 16.7 Å². The quantitative estimate of drug-likeness (QED) is 0.846. The Bertz CT molecular complexity index is 939. The summed E-state index contributed by atoms with van der Waals surface area (Å²) in [6, 6.07) is 10.7. The molecule has 0 saturated carbocycles. The maximum Gasteiger partial charge on any atom is 0.292 e. The van der Waals surface area contributed by atoms with Gasteiger partial charge in [-0.3, -0.25) is 13.9 Å². The van der Waals surface area contributed by atoms with Gasteiger partial charge in [0.1, 0.15) is 0 Å². The number of nitrogens with one attached hydrogen (secondary N) is 1. The molecular weight excluding hydrogens is 352 g/mol. The minimum atomic E-state index is -3.80. The Balaban J connectivity index is 1.98. The zero-order chi connectivity index (χ0) is 17.5. The Morgan fingerprint density at radius 2 is 1.75 bits per heavy atom. The van der Waals surface area contributed by atoms with Gasteiger partial charge in [0.05, 0.1) is 10.6 Å². The second kappa shape index (κ2) is 5.92. The molecule has 0 fully saturated rings. The van der Waals surface area contributed by atoms with Crippen LogP contribution in [0.2, 0.25) is 5.02 Å². The van der Waals surface area contributed by atoms with Gasteiger partial charge >= 0.3 is 0 Å². The van der Waals surface area contributed by atoms with E-state index in [2.05, 4.69) is 5.32 Å². The molecule has 0 atom stereocenters. The van der Waals surface area contributed by atoms with Crippen LogP contribution in [-0.4, -0.2) is 27.2 Å². The van der Waals surface area contributed by atoms with Gasteiger partial charge in [-0.05, 0) is 48.0 Å². The summed E-state index contributed by atoms with van der Waals surface area (Å²) in [7, 11) is -2.37. The average molecular weight is 365 g/mol. The molecule has 0 unspecified atom stereocenters. The van der Waals surface area contributed by atoms with Crippen LogP contribution in [-0.2, 0) is 26.0 Å². The van der Waals surface area contributed by atoms with Crippen LogP contribution in [0.3, 0.4) is 0 Å². The molecule has 0 aromatic heterocycles. The van der Waals surface area contributed by atoms with Crippen LogP contribution in [0.1, 0.15) is 5.56 Å². The van der Waals surface area contributed by atoms with Crippen molar-refractivity contribution in [3.05, 3.63) is 53.1 Å². The number of anilines is 2. The SMILES string of the molecule is CN(c1ccc(Cl)cc1)S(=O)(=O)c1ccc2c(c1)CC(=O)C(=O)N2. The van der Waals surface area contributed by atoms with Gasteiger partial charge in [-0.15, -0.1) is 0 Å². The highest BCUT2D eigenvalue weighted by Crippen LogP contribution is 2.28. The summed E-state index contributed by atoms with van der Waals surface area (Å²) in [5, 5.41) is 2.95. The number of benzene rings is 2. The normalized spacial score (nSPS) is 14.1. The van der Waals surface area contributed by atoms with Crippen molar-refractivity contribution < 1.29 is 18.0 Å². The molecule has 1 aliphatic rings. The lowest BCUT2D eigenvalue weighted by Crippen LogP contribution is -2.31. The molecule has 124 valence electrons. The first-order valence-corrected chi connectivity index (χ1v) is 8.82. The minimum Gasteiger partial charge on any atom is -0.319 e. The zero-order valence-electron chi connectivity index (χ0n) is 12.6. The first kappa shape index (κ1) is 16.5. The van der Waals surface area contributed by atoms with Crippen molar-refractivity contribution >= 4 is 44.7 Å². The molecule has 0 radical (unpaired) electrons. The lowest BCUT2D eigenvalue weighted by molar-refractivity contribution is -0.134. The van der Waals surface area contributed by atoms with Gasteiger partial charge < -0.3 is 5.32 Å². The van der Waals surface area contributed by atoms with E-state index in [1.807, 2.05) is 0 Å². The molecule has 1 amide bonds. The van der Waals surface area contributed by atoms with Gasteiger partial charge in [0.2, 0.25) is 5.78 Å². The first-order chi connectivity index (χ1) is 11.3. The molecule has 2 aromatic rings. The molecule has 0 saturated heterocycles. The summed E-state index contributed by atoms with van der Waals surface area (Å²) in [6.45, 7) is 0. The standard InChI is InChI=1S/C16H13ClN2O4S/c1-19(12-4-2-11(17)3-5-12)24(22,23)13-6-7-14-10(8-13)9-15(20)16(21)18-14/h2-8H,9H2,1H3,(H,18,21). The van der Waals surface area contributed by atoms with Crippen molar-refractivity contribution in [3.63, 3.8) is 0 Å². The van der Waals surface area contributed by atoms with E-state index < -0.39 is 21.7 Å². The highest BCUT2D eigenvalue weighted by atomic mass is 35.5. The summed E-state index contributed by atoms with van der Waals surface area (Å²) in [5.74, 6) is -1.28.